The molecule has 0 aliphatic carbocycles. The quantitative estimate of drug-likeness (QED) is 0.430. The minimum atomic E-state index is -0.571. The molecule has 1 heterocycles. The molecule has 7 heteroatoms. The van der Waals surface area contributed by atoms with Crippen LogP contribution in [-0.4, -0.2) is 23.1 Å². The number of benzene rings is 1. The smallest absolute Gasteiger partial charge is 0.542 e. The van der Waals surface area contributed by atoms with Gasteiger partial charge < -0.3 is 21.3 Å². The Bertz CT molecular complexity index is 651. The summed E-state index contributed by atoms with van der Waals surface area (Å²) in [5, 5.41) is 0. The van der Waals surface area contributed by atoms with Crippen LogP contribution in [0.15, 0.2) is 28.9 Å². The molecule has 4 nitrogen and oxygen atoms in total. The van der Waals surface area contributed by atoms with Gasteiger partial charge in [-0.3, -0.25) is 11.1 Å². The van der Waals surface area contributed by atoms with Crippen molar-refractivity contribution in [1.29, 1.82) is 0 Å². The zero-order chi connectivity index (χ0) is 21.1. The van der Waals surface area contributed by atoms with E-state index in [9.17, 15) is 14.0 Å². The van der Waals surface area contributed by atoms with Crippen LogP contribution in [0, 0.1) is 42.8 Å². The van der Waals surface area contributed by atoms with E-state index in [2.05, 4.69) is 57.1 Å². The Kier molecular flexibility index (Phi) is 16.1. The topological polar surface area (TPSA) is 63.4 Å². The zero-order valence-electron chi connectivity index (χ0n) is 17.4. The van der Waals surface area contributed by atoms with E-state index in [1.807, 2.05) is 0 Å². The van der Waals surface area contributed by atoms with Crippen molar-refractivity contribution in [2.45, 2.75) is 66.5 Å². The van der Waals surface area contributed by atoms with Crippen molar-refractivity contribution >= 4 is 28.1 Å². The second kappa shape index (κ2) is 15.2. The Hall–Kier alpha value is -0.638. The van der Waals surface area contributed by atoms with E-state index in [0.717, 1.165) is 0 Å². The minimum absolute atomic E-state index is 0. The third-order valence-corrected chi connectivity index (χ3v) is 3.93. The van der Waals surface area contributed by atoms with Crippen LogP contribution in [0.3, 0.4) is 0 Å². The fourth-order valence-electron chi connectivity index (χ4n) is 2.34. The van der Waals surface area contributed by atoms with Crippen LogP contribution < -0.4 is 5.73 Å². The second-order valence-corrected chi connectivity index (χ2v) is 7.66. The third-order valence-electron chi connectivity index (χ3n) is 3.32. The maximum atomic E-state index is 14.0. The van der Waals surface area contributed by atoms with E-state index < -0.39 is 17.8 Å². The largest absolute Gasteiger partial charge is 2.00 e. The fourth-order valence-corrected chi connectivity index (χ4v) is 2.67. The first-order valence-corrected chi connectivity index (χ1v) is 9.75. The van der Waals surface area contributed by atoms with E-state index in [0.29, 0.717) is 12.0 Å². The average Bonchev–Trinajstić information content (AvgIpc) is 2.89. The van der Waals surface area contributed by atoms with Crippen LogP contribution in [0.4, 0.5) is 4.39 Å². The van der Waals surface area contributed by atoms with E-state index in [1.165, 1.54) is 17.2 Å². The van der Waals surface area contributed by atoms with Crippen LogP contribution in [0.2, 0.25) is 0 Å². The predicted molar refractivity (Wildman–Crippen MR) is 112 cm³/mol. The molecule has 2 N–H and O–H groups in total. The number of hydrogen-bond donors (Lipinski definition) is 1. The molecule has 0 aromatic heterocycles. The maximum absolute atomic E-state index is 14.0. The number of amides is 1. The fraction of sp³-hybridized carbons (Fsp3) is 0.476. The van der Waals surface area contributed by atoms with Crippen LogP contribution in [-0.2, 0) is 11.3 Å². The molecule has 0 saturated carbocycles. The third kappa shape index (κ3) is 9.24. The molecule has 1 aromatic rings. The molecule has 1 aliphatic heterocycles. The first-order valence-electron chi connectivity index (χ1n) is 8.96. The monoisotopic (exact) mass is 678 g/mol. The van der Waals surface area contributed by atoms with Crippen molar-refractivity contribution in [1.82, 2.24) is 4.90 Å². The Morgan fingerprint density at radius 3 is 2.32 bits per heavy atom. The van der Waals surface area contributed by atoms with Crippen molar-refractivity contribution in [2.75, 3.05) is 0 Å². The summed E-state index contributed by atoms with van der Waals surface area (Å²) < 4.78 is 14.3. The number of nitrogens with zero attached hydrogens (tertiary/aromatic N) is 1. The number of nitrogens with two attached hydrogens (primary N) is 1. The number of rotatable bonds is 5. The molecule has 1 amide bonds. The Morgan fingerprint density at radius 1 is 1.39 bits per heavy atom. The molecular weight excluding hydrogens is 649 g/mol. The Morgan fingerprint density at radius 2 is 1.89 bits per heavy atom. The van der Waals surface area contributed by atoms with Gasteiger partial charge >= 0.3 is 31.1 Å². The van der Waals surface area contributed by atoms with E-state index in [-0.39, 0.29) is 59.8 Å². The van der Waals surface area contributed by atoms with Crippen LogP contribution in [0.5, 0.6) is 0 Å². The predicted octanol–water partition coefficient (Wildman–Crippen LogP) is 5.31. The van der Waals surface area contributed by atoms with Crippen LogP contribution >= 0.6 is 15.9 Å². The standard InChI is InChI=1S/C14H13BrFN2O2.C4H9.C3H8.U/c1-8(17)11(3-2-6-19)18-7-9-4-5-10(15)13(16)12(9)14(18)20;1-4(2)3;1-3-2;/h4-5,11H,1-3,7,17H2;1-3H3;3H2,1-2H3;/q2*-1;;+2. The number of halogens is 2. The molecule has 0 spiro atoms. The number of fused-ring (bicyclic) bond motifs is 1. The van der Waals surface area contributed by atoms with Gasteiger partial charge in [-0.25, -0.2) is 4.39 Å². The number of carbonyl (C=O) groups is 1. The van der Waals surface area contributed by atoms with Gasteiger partial charge in [0.1, 0.15) is 5.82 Å². The summed E-state index contributed by atoms with van der Waals surface area (Å²) in [6.45, 7) is 14.4. The molecule has 0 bridgehead atoms. The van der Waals surface area contributed by atoms with Gasteiger partial charge in [-0.15, -0.1) is 0 Å². The molecule has 1 aliphatic rings. The van der Waals surface area contributed by atoms with Crippen molar-refractivity contribution < 1.29 is 45.1 Å². The first kappa shape index (κ1) is 29.6. The number of hydrogen-bond acceptors (Lipinski definition) is 3. The number of carbonyl (C=O) groups excluding carboxylic acids is 2. The minimum Gasteiger partial charge on any atom is -0.542 e. The molecule has 0 saturated heterocycles. The second-order valence-electron chi connectivity index (χ2n) is 6.81. The van der Waals surface area contributed by atoms with Crippen LogP contribution in [0.1, 0.15) is 69.8 Å². The summed E-state index contributed by atoms with van der Waals surface area (Å²) >= 11 is 3.06. The van der Waals surface area contributed by atoms with Crippen molar-refractivity contribution in [3.63, 3.8) is 0 Å². The summed E-state index contributed by atoms with van der Waals surface area (Å²) in [5.41, 5.74) is 6.64. The summed E-state index contributed by atoms with van der Waals surface area (Å²) in [6, 6.07) is 2.77. The van der Waals surface area contributed by atoms with Gasteiger partial charge in [0.2, 0.25) is 0 Å². The van der Waals surface area contributed by atoms with Crippen molar-refractivity contribution in [3.05, 3.63) is 51.7 Å². The van der Waals surface area contributed by atoms with Gasteiger partial charge in [0.05, 0.1) is 16.1 Å². The normalized spacial score (nSPS) is 12.7. The molecule has 1 aromatic carbocycles. The molecule has 154 valence electrons. The first-order chi connectivity index (χ1) is 12.6. The SMILES string of the molecule is C=C(N)C(CC[C-]=O)N1Cc2ccc(Br)c(F)c2C1=O.CCC.C[C-](C)C.[U+2]. The Balaban J connectivity index is 0. The molecule has 28 heavy (non-hydrogen) atoms. The van der Waals surface area contributed by atoms with Crippen molar-refractivity contribution in [2.24, 2.45) is 5.73 Å². The van der Waals surface area contributed by atoms with Gasteiger partial charge in [-0.1, -0.05) is 39.3 Å². The Labute approximate surface area is 201 Å². The van der Waals surface area contributed by atoms with Gasteiger partial charge in [0.25, 0.3) is 5.91 Å². The average molecular weight is 679 g/mol. The molecule has 1 atom stereocenters. The summed E-state index contributed by atoms with van der Waals surface area (Å²) in [6.07, 6.45) is 3.50. The van der Waals surface area contributed by atoms with Gasteiger partial charge in [-0.2, -0.15) is 27.2 Å². The summed E-state index contributed by atoms with van der Waals surface area (Å²) in [4.78, 5) is 24.2. The van der Waals surface area contributed by atoms with Gasteiger partial charge in [-0.05, 0) is 27.6 Å². The van der Waals surface area contributed by atoms with Gasteiger partial charge in [0.15, 0.2) is 0 Å². The summed E-state index contributed by atoms with van der Waals surface area (Å²) in [5.74, 6) is 0.416. The molecule has 0 radical (unpaired) electrons. The molecule has 1 unspecified atom stereocenters. The van der Waals surface area contributed by atoms with Crippen LogP contribution in [0.25, 0.3) is 0 Å². The summed E-state index contributed by atoms with van der Waals surface area (Å²) in [7, 11) is 0. The van der Waals surface area contributed by atoms with E-state index in [4.69, 9.17) is 5.73 Å². The maximum Gasteiger partial charge on any atom is 2.00 e. The molecule has 2 rings (SSSR count). The molecule has 0 fully saturated rings. The van der Waals surface area contributed by atoms with E-state index in [1.54, 1.807) is 18.4 Å². The molecular formula is C21H30BrFN2O2U. The van der Waals surface area contributed by atoms with Gasteiger partial charge in [0, 0.05) is 12.2 Å². The van der Waals surface area contributed by atoms with Crippen molar-refractivity contribution in [3.8, 4) is 0 Å². The van der Waals surface area contributed by atoms with E-state index >= 15 is 0 Å². The zero-order valence-corrected chi connectivity index (χ0v) is 23.1.